The Balaban J connectivity index is 2.58. The molecule has 0 radical (unpaired) electrons. The highest BCUT2D eigenvalue weighted by atomic mass is 19.1. The Morgan fingerprint density at radius 3 is 2.88 bits per heavy atom. The average molecular weight is 220 g/mol. The molecule has 0 fully saturated rings. The van der Waals surface area contributed by atoms with Crippen LogP contribution in [-0.2, 0) is 0 Å². The van der Waals surface area contributed by atoms with Gasteiger partial charge >= 0.3 is 0 Å². The molecule has 0 spiro atoms. The summed E-state index contributed by atoms with van der Waals surface area (Å²) < 4.78 is 13.0. The van der Waals surface area contributed by atoms with Gasteiger partial charge < -0.3 is 5.32 Å². The van der Waals surface area contributed by atoms with Crippen molar-refractivity contribution in [3.05, 3.63) is 29.6 Å². The van der Waals surface area contributed by atoms with Crippen LogP contribution in [0.4, 0.5) is 10.1 Å². The van der Waals surface area contributed by atoms with E-state index in [2.05, 4.69) is 19.2 Å². The summed E-state index contributed by atoms with van der Waals surface area (Å²) >= 11 is 0. The minimum absolute atomic E-state index is 0.0909. The molecule has 3 heteroatoms. The number of hydrogen-bond acceptors (Lipinski definition) is 2. The molecule has 0 aliphatic heterocycles. The van der Waals surface area contributed by atoms with Gasteiger partial charge in [-0.15, -0.1) is 0 Å². The van der Waals surface area contributed by atoms with Gasteiger partial charge in [0, 0.05) is 12.2 Å². The molecule has 1 rings (SSSR count). The van der Waals surface area contributed by atoms with Gasteiger partial charge in [-0.2, -0.15) is 5.26 Å². The topological polar surface area (TPSA) is 35.8 Å². The summed E-state index contributed by atoms with van der Waals surface area (Å²) in [4.78, 5) is 0. The number of rotatable bonds is 5. The zero-order valence-corrected chi connectivity index (χ0v) is 9.76. The summed E-state index contributed by atoms with van der Waals surface area (Å²) in [5.74, 6) is 0.121. The Bertz CT molecular complexity index is 382. The molecule has 86 valence electrons. The zero-order valence-electron chi connectivity index (χ0n) is 9.76. The van der Waals surface area contributed by atoms with Crippen molar-refractivity contribution in [2.45, 2.75) is 26.7 Å². The Kier molecular flexibility index (Phi) is 4.78. The van der Waals surface area contributed by atoms with Crippen LogP contribution in [0.15, 0.2) is 18.2 Å². The van der Waals surface area contributed by atoms with E-state index >= 15 is 0 Å². The minimum Gasteiger partial charge on any atom is -0.385 e. The van der Waals surface area contributed by atoms with Gasteiger partial charge in [-0.1, -0.05) is 20.3 Å². The van der Waals surface area contributed by atoms with E-state index in [1.165, 1.54) is 12.5 Å². The molecular weight excluding hydrogens is 203 g/mol. The van der Waals surface area contributed by atoms with Crippen LogP contribution >= 0.6 is 0 Å². The van der Waals surface area contributed by atoms with Gasteiger partial charge in [-0.25, -0.2) is 4.39 Å². The van der Waals surface area contributed by atoms with E-state index in [0.29, 0.717) is 5.92 Å². The molecular formula is C13H17FN2. The summed E-state index contributed by atoms with van der Waals surface area (Å²) in [6, 6.07) is 6.37. The first-order valence-corrected chi connectivity index (χ1v) is 5.61. The van der Waals surface area contributed by atoms with Crippen molar-refractivity contribution in [3.8, 4) is 6.07 Å². The van der Waals surface area contributed by atoms with Gasteiger partial charge in [0.15, 0.2) is 0 Å². The fourth-order valence-corrected chi connectivity index (χ4v) is 1.61. The minimum atomic E-state index is -0.463. The molecule has 1 unspecified atom stereocenters. The number of nitrogens with zero attached hydrogens (tertiary/aromatic N) is 1. The first kappa shape index (κ1) is 12.5. The first-order valence-electron chi connectivity index (χ1n) is 5.61. The molecule has 0 amide bonds. The second-order valence-electron chi connectivity index (χ2n) is 4.08. The van der Waals surface area contributed by atoms with E-state index in [4.69, 9.17) is 5.26 Å². The molecule has 2 nitrogen and oxygen atoms in total. The number of benzene rings is 1. The van der Waals surface area contributed by atoms with Crippen molar-refractivity contribution >= 4 is 5.69 Å². The van der Waals surface area contributed by atoms with Gasteiger partial charge in [0.05, 0.1) is 5.56 Å². The second kappa shape index (κ2) is 6.12. The van der Waals surface area contributed by atoms with Gasteiger partial charge in [-0.3, -0.25) is 0 Å². The fraction of sp³-hybridized carbons (Fsp3) is 0.462. The van der Waals surface area contributed by atoms with Crippen molar-refractivity contribution in [1.29, 1.82) is 5.26 Å². The predicted octanol–water partition coefficient (Wildman–Crippen LogP) is 3.55. The third-order valence-corrected chi connectivity index (χ3v) is 2.52. The van der Waals surface area contributed by atoms with E-state index in [1.54, 1.807) is 12.1 Å². The normalized spacial score (nSPS) is 11.9. The molecule has 1 N–H and O–H groups in total. The standard InChI is InChI=1S/C13H17FN2/c1-3-4-10(2)9-16-12-5-6-13(14)11(7-12)8-15/h5-7,10,16H,3-4,9H2,1-2H3. The summed E-state index contributed by atoms with van der Waals surface area (Å²) in [5.41, 5.74) is 0.897. The molecule has 0 saturated heterocycles. The molecule has 16 heavy (non-hydrogen) atoms. The second-order valence-corrected chi connectivity index (χ2v) is 4.08. The number of halogens is 1. The van der Waals surface area contributed by atoms with Crippen molar-refractivity contribution in [2.75, 3.05) is 11.9 Å². The predicted molar refractivity (Wildman–Crippen MR) is 63.7 cm³/mol. The third-order valence-electron chi connectivity index (χ3n) is 2.52. The average Bonchev–Trinajstić information content (AvgIpc) is 2.28. The molecule has 0 heterocycles. The third kappa shape index (κ3) is 3.54. The van der Waals surface area contributed by atoms with Gasteiger partial charge in [0.2, 0.25) is 0 Å². The molecule has 0 saturated carbocycles. The van der Waals surface area contributed by atoms with Crippen LogP contribution < -0.4 is 5.32 Å². The van der Waals surface area contributed by atoms with Crippen LogP contribution in [0.2, 0.25) is 0 Å². The molecule has 1 aromatic rings. The number of anilines is 1. The largest absolute Gasteiger partial charge is 0.385 e. The van der Waals surface area contributed by atoms with Crippen molar-refractivity contribution < 1.29 is 4.39 Å². The lowest BCUT2D eigenvalue weighted by Gasteiger charge is -2.12. The molecule has 1 atom stereocenters. The van der Waals surface area contributed by atoms with Crippen LogP contribution in [0.1, 0.15) is 32.3 Å². The van der Waals surface area contributed by atoms with Crippen LogP contribution in [0.3, 0.4) is 0 Å². The molecule has 0 aliphatic rings. The van der Waals surface area contributed by atoms with E-state index in [9.17, 15) is 4.39 Å². The van der Waals surface area contributed by atoms with Crippen LogP contribution in [-0.4, -0.2) is 6.54 Å². The van der Waals surface area contributed by atoms with E-state index in [0.717, 1.165) is 18.7 Å². The van der Waals surface area contributed by atoms with Crippen LogP contribution in [0.5, 0.6) is 0 Å². The maximum Gasteiger partial charge on any atom is 0.141 e. The Labute approximate surface area is 96.1 Å². The van der Waals surface area contributed by atoms with Gasteiger partial charge in [0.25, 0.3) is 0 Å². The molecule has 1 aromatic carbocycles. The Hall–Kier alpha value is -1.56. The summed E-state index contributed by atoms with van der Waals surface area (Å²) in [6.45, 7) is 5.18. The number of hydrogen-bond donors (Lipinski definition) is 1. The number of nitriles is 1. The lowest BCUT2D eigenvalue weighted by Crippen LogP contribution is -2.11. The summed E-state index contributed by atoms with van der Waals surface area (Å²) in [6.07, 6.45) is 2.33. The highest BCUT2D eigenvalue weighted by molar-refractivity contribution is 5.49. The lowest BCUT2D eigenvalue weighted by atomic mass is 10.1. The first-order chi connectivity index (χ1) is 7.67. The van der Waals surface area contributed by atoms with Gasteiger partial charge in [0.1, 0.15) is 11.9 Å². The molecule has 0 aromatic heterocycles. The quantitative estimate of drug-likeness (QED) is 0.823. The molecule has 0 aliphatic carbocycles. The van der Waals surface area contributed by atoms with Crippen LogP contribution in [0.25, 0.3) is 0 Å². The Morgan fingerprint density at radius 1 is 1.50 bits per heavy atom. The zero-order chi connectivity index (χ0) is 12.0. The maximum absolute atomic E-state index is 13.0. The smallest absolute Gasteiger partial charge is 0.141 e. The highest BCUT2D eigenvalue weighted by Crippen LogP contribution is 2.15. The van der Waals surface area contributed by atoms with E-state index in [-0.39, 0.29) is 5.56 Å². The van der Waals surface area contributed by atoms with Gasteiger partial charge in [-0.05, 0) is 30.5 Å². The monoisotopic (exact) mass is 220 g/mol. The van der Waals surface area contributed by atoms with E-state index in [1.807, 2.05) is 6.07 Å². The highest BCUT2D eigenvalue weighted by Gasteiger charge is 2.04. The van der Waals surface area contributed by atoms with Crippen molar-refractivity contribution in [1.82, 2.24) is 0 Å². The maximum atomic E-state index is 13.0. The Morgan fingerprint density at radius 2 is 2.25 bits per heavy atom. The SMILES string of the molecule is CCCC(C)CNc1ccc(F)c(C#N)c1. The summed E-state index contributed by atoms with van der Waals surface area (Å²) in [5, 5.41) is 11.9. The van der Waals surface area contributed by atoms with Crippen molar-refractivity contribution in [2.24, 2.45) is 5.92 Å². The van der Waals surface area contributed by atoms with Crippen LogP contribution in [0, 0.1) is 23.1 Å². The molecule has 0 bridgehead atoms. The van der Waals surface area contributed by atoms with E-state index < -0.39 is 5.82 Å². The number of nitrogens with one attached hydrogen (secondary N) is 1. The van der Waals surface area contributed by atoms with Crippen molar-refractivity contribution in [3.63, 3.8) is 0 Å². The summed E-state index contributed by atoms with van der Waals surface area (Å²) in [7, 11) is 0. The fourth-order valence-electron chi connectivity index (χ4n) is 1.61. The lowest BCUT2D eigenvalue weighted by molar-refractivity contribution is 0.550.